The van der Waals surface area contributed by atoms with Crippen LogP contribution < -0.4 is 0 Å². The number of benzene rings is 1. The Hall–Kier alpha value is -1.56. The Morgan fingerprint density at radius 1 is 1.22 bits per heavy atom. The van der Waals surface area contributed by atoms with Crippen LogP contribution in [0.2, 0.25) is 10.0 Å². The molecule has 1 aromatic carbocycles. The van der Waals surface area contributed by atoms with Gasteiger partial charge in [-0.1, -0.05) is 35.7 Å². The molecule has 3 rings (SSSR count). The average molecular weight is 409 g/mol. The quantitative estimate of drug-likeness (QED) is 0.664. The third kappa shape index (κ3) is 5.24. The molecule has 146 valence electrons. The van der Waals surface area contributed by atoms with Crippen LogP contribution in [0.25, 0.3) is 0 Å². The third-order valence-electron chi connectivity index (χ3n) is 5.05. The standard InChI is InChI=1S/C20H26Cl2N4O/c1-24(2)10-11-26(20(27)16-4-3-5-16)14-19-23-8-9-25(19)13-15-6-7-17(21)18(22)12-15/h6-9,12,16H,3-5,10-11,13-14H2,1-2H3. The molecule has 1 fully saturated rings. The average Bonchev–Trinajstić information content (AvgIpc) is 2.99. The molecule has 1 aliphatic carbocycles. The molecule has 27 heavy (non-hydrogen) atoms. The molecule has 0 aliphatic heterocycles. The second-order valence-electron chi connectivity index (χ2n) is 7.41. The van der Waals surface area contributed by atoms with Crippen molar-refractivity contribution in [2.75, 3.05) is 27.2 Å². The first-order valence-corrected chi connectivity index (χ1v) is 10.1. The van der Waals surface area contributed by atoms with Gasteiger partial charge in [0.1, 0.15) is 5.82 Å². The van der Waals surface area contributed by atoms with Crippen LogP contribution in [0.15, 0.2) is 30.6 Å². The summed E-state index contributed by atoms with van der Waals surface area (Å²) in [5, 5.41) is 1.09. The minimum absolute atomic E-state index is 0.186. The van der Waals surface area contributed by atoms with Gasteiger partial charge >= 0.3 is 0 Å². The van der Waals surface area contributed by atoms with E-state index in [1.807, 2.05) is 37.3 Å². The van der Waals surface area contributed by atoms with E-state index in [-0.39, 0.29) is 11.8 Å². The number of rotatable bonds is 8. The molecule has 0 radical (unpaired) electrons. The molecule has 5 nitrogen and oxygen atoms in total. The summed E-state index contributed by atoms with van der Waals surface area (Å²) in [6.45, 7) is 2.72. The monoisotopic (exact) mass is 408 g/mol. The van der Waals surface area contributed by atoms with E-state index in [9.17, 15) is 4.79 Å². The molecule has 2 aromatic rings. The van der Waals surface area contributed by atoms with Gasteiger partial charge in [0, 0.05) is 37.9 Å². The van der Waals surface area contributed by atoms with Gasteiger partial charge in [-0.25, -0.2) is 4.98 Å². The lowest BCUT2D eigenvalue weighted by Gasteiger charge is -2.32. The van der Waals surface area contributed by atoms with Crippen LogP contribution in [-0.4, -0.2) is 52.4 Å². The summed E-state index contributed by atoms with van der Waals surface area (Å²) in [6.07, 6.45) is 6.90. The molecule has 1 aromatic heterocycles. The van der Waals surface area contributed by atoms with Gasteiger partial charge in [-0.05, 0) is 44.6 Å². The highest BCUT2D eigenvalue weighted by molar-refractivity contribution is 6.42. The van der Waals surface area contributed by atoms with Crippen molar-refractivity contribution in [2.45, 2.75) is 32.4 Å². The molecule has 1 aliphatic rings. The summed E-state index contributed by atoms with van der Waals surface area (Å²) < 4.78 is 2.07. The van der Waals surface area contributed by atoms with Gasteiger partial charge in [-0.3, -0.25) is 4.79 Å². The van der Waals surface area contributed by atoms with Crippen molar-refractivity contribution in [1.29, 1.82) is 0 Å². The van der Waals surface area contributed by atoms with Gasteiger partial charge in [0.05, 0.1) is 16.6 Å². The lowest BCUT2D eigenvalue weighted by Crippen LogP contribution is -2.42. The maximum absolute atomic E-state index is 12.9. The van der Waals surface area contributed by atoms with Crippen molar-refractivity contribution < 1.29 is 4.79 Å². The van der Waals surface area contributed by atoms with Crippen molar-refractivity contribution in [1.82, 2.24) is 19.4 Å². The second kappa shape index (κ2) is 9.09. The number of imidazole rings is 1. The predicted octanol–water partition coefficient (Wildman–Crippen LogP) is 3.93. The van der Waals surface area contributed by atoms with Crippen LogP contribution >= 0.6 is 23.2 Å². The summed E-state index contributed by atoms with van der Waals surface area (Å²) in [5.74, 6) is 1.32. The molecule has 1 saturated carbocycles. The van der Waals surface area contributed by atoms with E-state index in [1.165, 1.54) is 0 Å². The lowest BCUT2D eigenvalue weighted by atomic mass is 9.84. The van der Waals surface area contributed by atoms with Crippen LogP contribution in [0.5, 0.6) is 0 Å². The normalized spacial score (nSPS) is 14.4. The largest absolute Gasteiger partial charge is 0.334 e. The molecule has 1 amide bonds. The lowest BCUT2D eigenvalue weighted by molar-refractivity contribution is -0.139. The minimum Gasteiger partial charge on any atom is -0.334 e. The zero-order valence-corrected chi connectivity index (χ0v) is 17.4. The Morgan fingerprint density at radius 3 is 2.63 bits per heavy atom. The molecule has 0 saturated heterocycles. The van der Waals surface area contributed by atoms with Crippen LogP contribution in [0.1, 0.15) is 30.7 Å². The van der Waals surface area contributed by atoms with E-state index < -0.39 is 0 Å². The number of nitrogens with zero attached hydrogens (tertiary/aromatic N) is 4. The molecule has 0 atom stereocenters. The maximum atomic E-state index is 12.9. The van der Waals surface area contributed by atoms with E-state index in [0.29, 0.717) is 29.7 Å². The summed E-state index contributed by atoms with van der Waals surface area (Å²) in [6, 6.07) is 5.64. The van der Waals surface area contributed by atoms with Gasteiger partial charge in [0.2, 0.25) is 5.91 Å². The number of hydrogen-bond acceptors (Lipinski definition) is 3. The number of carbonyl (C=O) groups is 1. The number of likely N-dealkylation sites (N-methyl/N-ethyl adjacent to an activating group) is 1. The summed E-state index contributed by atoms with van der Waals surface area (Å²) in [7, 11) is 4.05. The number of carbonyl (C=O) groups excluding carboxylic acids is 1. The zero-order valence-electron chi connectivity index (χ0n) is 15.9. The molecule has 0 N–H and O–H groups in total. The van der Waals surface area contributed by atoms with Crippen LogP contribution in [0.4, 0.5) is 0 Å². The van der Waals surface area contributed by atoms with Crippen molar-refractivity contribution in [3.05, 3.63) is 52.0 Å². The number of amides is 1. The number of halogens is 2. The van der Waals surface area contributed by atoms with Crippen LogP contribution in [0, 0.1) is 5.92 Å². The topological polar surface area (TPSA) is 41.4 Å². The third-order valence-corrected chi connectivity index (χ3v) is 5.79. The van der Waals surface area contributed by atoms with Crippen molar-refractivity contribution in [2.24, 2.45) is 5.92 Å². The number of aromatic nitrogens is 2. The highest BCUT2D eigenvalue weighted by Gasteiger charge is 2.30. The molecule has 0 unspecified atom stereocenters. The van der Waals surface area contributed by atoms with Gasteiger partial charge in [0.15, 0.2) is 0 Å². The van der Waals surface area contributed by atoms with E-state index >= 15 is 0 Å². The Balaban J connectivity index is 1.72. The van der Waals surface area contributed by atoms with Crippen LogP contribution in [-0.2, 0) is 17.9 Å². The predicted molar refractivity (Wildman–Crippen MR) is 109 cm³/mol. The van der Waals surface area contributed by atoms with E-state index in [0.717, 1.165) is 37.2 Å². The summed E-state index contributed by atoms with van der Waals surface area (Å²) in [4.78, 5) is 21.4. The Bertz CT molecular complexity index is 786. The molecule has 1 heterocycles. The fraction of sp³-hybridized carbons (Fsp3) is 0.500. The SMILES string of the molecule is CN(C)CCN(Cc1nccn1Cc1ccc(Cl)c(Cl)c1)C(=O)C1CCC1. The molecule has 0 spiro atoms. The zero-order chi connectivity index (χ0) is 19.4. The smallest absolute Gasteiger partial charge is 0.226 e. The van der Waals surface area contributed by atoms with Gasteiger partial charge in [-0.2, -0.15) is 0 Å². The molecule has 7 heteroatoms. The molecular weight excluding hydrogens is 383 g/mol. The highest BCUT2D eigenvalue weighted by Crippen LogP contribution is 2.29. The Morgan fingerprint density at radius 2 is 2.00 bits per heavy atom. The first-order valence-electron chi connectivity index (χ1n) is 9.31. The van der Waals surface area contributed by atoms with Crippen molar-refractivity contribution in [3.8, 4) is 0 Å². The van der Waals surface area contributed by atoms with E-state index in [2.05, 4.69) is 14.5 Å². The fourth-order valence-corrected chi connectivity index (χ4v) is 3.46. The first-order chi connectivity index (χ1) is 12.9. The highest BCUT2D eigenvalue weighted by atomic mass is 35.5. The molecule has 0 bridgehead atoms. The summed E-state index contributed by atoms with van der Waals surface area (Å²) >= 11 is 12.1. The summed E-state index contributed by atoms with van der Waals surface area (Å²) in [5.41, 5.74) is 1.05. The first kappa shape index (κ1) is 20.2. The second-order valence-corrected chi connectivity index (χ2v) is 8.23. The van der Waals surface area contributed by atoms with Crippen molar-refractivity contribution >= 4 is 29.1 Å². The minimum atomic E-state index is 0.186. The number of hydrogen-bond donors (Lipinski definition) is 0. The van der Waals surface area contributed by atoms with E-state index in [4.69, 9.17) is 23.2 Å². The van der Waals surface area contributed by atoms with Gasteiger partial charge in [-0.15, -0.1) is 0 Å². The maximum Gasteiger partial charge on any atom is 0.226 e. The van der Waals surface area contributed by atoms with Crippen molar-refractivity contribution in [3.63, 3.8) is 0 Å². The molecular formula is C20H26Cl2N4O. The van der Waals surface area contributed by atoms with Gasteiger partial charge in [0.25, 0.3) is 0 Å². The van der Waals surface area contributed by atoms with Gasteiger partial charge < -0.3 is 14.4 Å². The van der Waals surface area contributed by atoms with Crippen LogP contribution in [0.3, 0.4) is 0 Å². The Labute approximate surface area is 170 Å². The van der Waals surface area contributed by atoms with E-state index in [1.54, 1.807) is 12.3 Å². The fourth-order valence-electron chi connectivity index (χ4n) is 3.14. The Kier molecular flexibility index (Phi) is 6.79.